The van der Waals surface area contributed by atoms with Gasteiger partial charge in [0, 0.05) is 12.6 Å². The maximum atomic E-state index is 12.1. The van der Waals surface area contributed by atoms with Crippen LogP contribution in [0.1, 0.15) is 17.2 Å². The van der Waals surface area contributed by atoms with Crippen LogP contribution >= 0.6 is 0 Å². The van der Waals surface area contributed by atoms with Gasteiger partial charge in [0.1, 0.15) is 5.75 Å². The molecule has 1 N–H and O–H groups in total. The van der Waals surface area contributed by atoms with Crippen molar-refractivity contribution in [2.75, 3.05) is 27.7 Å². The first-order valence-corrected chi connectivity index (χ1v) is 7.91. The quantitative estimate of drug-likeness (QED) is 0.796. The van der Waals surface area contributed by atoms with Gasteiger partial charge in [-0.05, 0) is 43.4 Å². The second-order valence-corrected chi connectivity index (χ2v) is 5.75. The highest BCUT2D eigenvalue weighted by Gasteiger charge is 2.15. The van der Waals surface area contributed by atoms with E-state index < -0.39 is 0 Å². The maximum Gasteiger partial charge on any atom is 0.244 e. The highest BCUT2D eigenvalue weighted by Crippen LogP contribution is 2.22. The molecule has 24 heavy (non-hydrogen) atoms. The lowest BCUT2D eigenvalue weighted by Gasteiger charge is -2.25. The van der Waals surface area contributed by atoms with Gasteiger partial charge in [-0.25, -0.2) is 0 Å². The summed E-state index contributed by atoms with van der Waals surface area (Å²) in [6.07, 6.45) is 3.37. The Balaban J connectivity index is 1.98. The number of hydrogen-bond donors (Lipinski definition) is 1. The van der Waals surface area contributed by atoms with E-state index in [1.54, 1.807) is 13.2 Å². The topological polar surface area (TPSA) is 41.6 Å². The van der Waals surface area contributed by atoms with E-state index in [1.165, 1.54) is 0 Å². The van der Waals surface area contributed by atoms with Gasteiger partial charge in [0.25, 0.3) is 0 Å². The number of rotatable bonds is 7. The molecule has 0 saturated carbocycles. The summed E-state index contributed by atoms with van der Waals surface area (Å²) in [5.41, 5.74) is 2.11. The molecule has 0 spiro atoms. The molecule has 2 aromatic carbocycles. The van der Waals surface area contributed by atoms with Crippen molar-refractivity contribution in [1.29, 1.82) is 0 Å². The van der Waals surface area contributed by atoms with Crippen LogP contribution in [0.3, 0.4) is 0 Å². The average Bonchev–Trinajstić information content (AvgIpc) is 2.61. The lowest BCUT2D eigenvalue weighted by molar-refractivity contribution is -0.116. The van der Waals surface area contributed by atoms with Crippen LogP contribution in [0.2, 0.25) is 0 Å². The fourth-order valence-corrected chi connectivity index (χ4v) is 2.44. The molecule has 0 aliphatic carbocycles. The third-order valence-electron chi connectivity index (χ3n) is 3.80. The van der Waals surface area contributed by atoms with Gasteiger partial charge in [-0.2, -0.15) is 0 Å². The summed E-state index contributed by atoms with van der Waals surface area (Å²) in [5.74, 6) is 0.711. The van der Waals surface area contributed by atoms with Crippen molar-refractivity contribution in [3.63, 3.8) is 0 Å². The summed E-state index contributed by atoms with van der Waals surface area (Å²) < 4.78 is 5.28. The number of nitrogens with zero attached hydrogens (tertiary/aromatic N) is 1. The fraction of sp³-hybridized carbons (Fsp3) is 0.250. The monoisotopic (exact) mass is 324 g/mol. The molecule has 0 aromatic heterocycles. The van der Waals surface area contributed by atoms with E-state index in [4.69, 9.17) is 4.74 Å². The van der Waals surface area contributed by atoms with Gasteiger partial charge < -0.3 is 15.0 Å². The lowest BCUT2D eigenvalue weighted by Crippen LogP contribution is -2.33. The van der Waals surface area contributed by atoms with E-state index >= 15 is 0 Å². The molecule has 126 valence electrons. The summed E-state index contributed by atoms with van der Waals surface area (Å²) >= 11 is 0. The molecule has 0 fully saturated rings. The average molecular weight is 324 g/mol. The normalized spacial score (nSPS) is 12.3. The molecule has 2 aromatic rings. The first kappa shape index (κ1) is 17.8. The van der Waals surface area contributed by atoms with Crippen LogP contribution in [0.4, 0.5) is 0 Å². The number of carbonyl (C=O) groups excluding carboxylic acids is 1. The molecule has 0 bridgehead atoms. The third kappa shape index (κ3) is 5.25. The molecule has 0 unspecified atom stereocenters. The van der Waals surface area contributed by atoms with Crippen molar-refractivity contribution in [3.05, 3.63) is 71.8 Å². The Morgan fingerprint density at radius 1 is 1.17 bits per heavy atom. The molecule has 0 aliphatic rings. The van der Waals surface area contributed by atoms with Gasteiger partial charge in [-0.3, -0.25) is 4.79 Å². The predicted octanol–water partition coefficient (Wildman–Crippen LogP) is 3.13. The number of hydrogen-bond acceptors (Lipinski definition) is 3. The minimum absolute atomic E-state index is 0.0779. The summed E-state index contributed by atoms with van der Waals surface area (Å²) in [5, 5.41) is 2.96. The Kier molecular flexibility index (Phi) is 6.58. The number of carbonyl (C=O) groups is 1. The van der Waals surface area contributed by atoms with E-state index in [2.05, 4.69) is 10.2 Å². The van der Waals surface area contributed by atoms with E-state index in [-0.39, 0.29) is 11.9 Å². The Morgan fingerprint density at radius 3 is 2.58 bits per heavy atom. The van der Waals surface area contributed by atoms with Crippen LogP contribution in [0.15, 0.2) is 60.7 Å². The molecule has 4 heteroatoms. The smallest absolute Gasteiger partial charge is 0.244 e. The molecule has 0 radical (unpaired) electrons. The van der Waals surface area contributed by atoms with Crippen molar-refractivity contribution in [2.24, 2.45) is 0 Å². The van der Waals surface area contributed by atoms with Crippen molar-refractivity contribution < 1.29 is 9.53 Å². The standard InChI is InChI=1S/C20H24N2O2/c1-22(2)19(17-10-7-11-18(14-17)24-3)15-21-20(23)13-12-16-8-5-4-6-9-16/h4-14,19H,15H2,1-3H3,(H,21,23)/b13-12+/t19-/m0/s1. The zero-order valence-electron chi connectivity index (χ0n) is 14.4. The number of benzene rings is 2. The highest BCUT2D eigenvalue weighted by molar-refractivity contribution is 5.91. The SMILES string of the molecule is COc1cccc([C@H](CNC(=O)/C=C/c2ccccc2)N(C)C)c1. The molecule has 2 rings (SSSR count). The summed E-state index contributed by atoms with van der Waals surface area (Å²) in [6, 6.07) is 17.8. The second kappa shape index (κ2) is 8.89. The van der Waals surface area contributed by atoms with Crippen molar-refractivity contribution in [3.8, 4) is 5.75 Å². The largest absolute Gasteiger partial charge is 0.497 e. The zero-order valence-corrected chi connectivity index (χ0v) is 14.4. The van der Waals surface area contributed by atoms with E-state index in [9.17, 15) is 4.79 Å². The molecule has 1 amide bonds. The van der Waals surface area contributed by atoms with E-state index in [0.717, 1.165) is 16.9 Å². The van der Waals surface area contributed by atoms with Crippen LogP contribution in [0.25, 0.3) is 6.08 Å². The number of methoxy groups -OCH3 is 1. The molecule has 4 nitrogen and oxygen atoms in total. The van der Waals surface area contributed by atoms with Gasteiger partial charge in [-0.1, -0.05) is 42.5 Å². The fourth-order valence-electron chi connectivity index (χ4n) is 2.44. The number of ether oxygens (including phenoxy) is 1. The first-order chi connectivity index (χ1) is 11.6. The summed E-state index contributed by atoms with van der Waals surface area (Å²) in [7, 11) is 5.64. The molecule has 0 heterocycles. The lowest BCUT2D eigenvalue weighted by atomic mass is 10.1. The Morgan fingerprint density at radius 2 is 1.92 bits per heavy atom. The highest BCUT2D eigenvalue weighted by atomic mass is 16.5. The molecule has 0 saturated heterocycles. The first-order valence-electron chi connectivity index (χ1n) is 7.91. The number of amides is 1. The Bertz CT molecular complexity index is 681. The minimum atomic E-state index is -0.103. The van der Waals surface area contributed by atoms with Crippen LogP contribution in [-0.2, 0) is 4.79 Å². The zero-order chi connectivity index (χ0) is 17.4. The predicted molar refractivity (Wildman–Crippen MR) is 97.9 cm³/mol. The summed E-state index contributed by atoms with van der Waals surface area (Å²) in [4.78, 5) is 14.1. The van der Waals surface area contributed by atoms with Gasteiger partial charge in [0.05, 0.1) is 13.2 Å². The van der Waals surface area contributed by atoms with E-state index in [1.807, 2.05) is 74.8 Å². The Hall–Kier alpha value is -2.59. The molecular formula is C20H24N2O2. The van der Waals surface area contributed by atoms with Crippen LogP contribution in [0, 0.1) is 0 Å². The van der Waals surface area contributed by atoms with Crippen LogP contribution < -0.4 is 10.1 Å². The molecular weight excluding hydrogens is 300 g/mol. The van der Waals surface area contributed by atoms with Gasteiger partial charge in [-0.15, -0.1) is 0 Å². The van der Waals surface area contributed by atoms with Crippen molar-refractivity contribution in [2.45, 2.75) is 6.04 Å². The maximum absolute atomic E-state index is 12.1. The third-order valence-corrected chi connectivity index (χ3v) is 3.80. The number of nitrogens with one attached hydrogen (secondary N) is 1. The van der Waals surface area contributed by atoms with Crippen LogP contribution in [0.5, 0.6) is 5.75 Å². The van der Waals surface area contributed by atoms with Crippen molar-refractivity contribution in [1.82, 2.24) is 10.2 Å². The van der Waals surface area contributed by atoms with Gasteiger partial charge in [0.2, 0.25) is 5.91 Å². The number of likely N-dealkylation sites (N-methyl/N-ethyl adjacent to an activating group) is 1. The van der Waals surface area contributed by atoms with Crippen LogP contribution in [-0.4, -0.2) is 38.6 Å². The minimum Gasteiger partial charge on any atom is -0.497 e. The van der Waals surface area contributed by atoms with Gasteiger partial charge in [0.15, 0.2) is 0 Å². The van der Waals surface area contributed by atoms with Gasteiger partial charge >= 0.3 is 0 Å². The van der Waals surface area contributed by atoms with Crippen molar-refractivity contribution >= 4 is 12.0 Å². The Labute approximate surface area is 143 Å². The van der Waals surface area contributed by atoms with E-state index in [0.29, 0.717) is 6.54 Å². The molecule has 0 aliphatic heterocycles. The molecule has 1 atom stereocenters. The second-order valence-electron chi connectivity index (χ2n) is 5.75. The summed E-state index contributed by atoms with van der Waals surface area (Å²) in [6.45, 7) is 0.526.